The van der Waals surface area contributed by atoms with Crippen LogP contribution in [-0.2, 0) is 4.74 Å². The molecule has 0 bridgehead atoms. The largest absolute Gasteiger partial charge is 0.485 e. The number of anilines is 4. The van der Waals surface area contributed by atoms with Gasteiger partial charge < -0.3 is 25.8 Å². The Kier molecular flexibility index (Phi) is 5.57. The monoisotopic (exact) mass is 504 g/mol. The minimum Gasteiger partial charge on any atom is -0.485 e. The molecule has 0 spiro atoms. The normalized spacial score (nSPS) is 13.5. The highest BCUT2D eigenvalue weighted by Crippen LogP contribution is 2.34. The first-order valence-corrected chi connectivity index (χ1v) is 12.5. The predicted octanol–water partition coefficient (Wildman–Crippen LogP) is 4.88. The van der Waals surface area contributed by atoms with Crippen molar-refractivity contribution in [2.75, 3.05) is 29.6 Å². The zero-order valence-corrected chi connectivity index (χ0v) is 19.9. The molecule has 4 aromatic heterocycles. The van der Waals surface area contributed by atoms with E-state index in [4.69, 9.17) is 15.2 Å². The van der Waals surface area contributed by atoms with Crippen LogP contribution in [0.25, 0.3) is 16.2 Å². The molecule has 4 N–H and O–H groups in total. The average Bonchev–Trinajstić information content (AvgIpc) is 3.57. The number of imidazole rings is 1. The van der Waals surface area contributed by atoms with E-state index in [9.17, 15) is 4.79 Å². The Morgan fingerprint density at radius 1 is 1.11 bits per heavy atom. The van der Waals surface area contributed by atoms with E-state index in [2.05, 4.69) is 20.6 Å². The standard InChI is InChI=1S/C24H20N6O3S2/c25-16-3-1-2-4-17(16)28-23(31)19-5-6-22(34-19)29-24-27-11-20(35-24)18-10-26-21-9-14(7-8-30(18)21)33-15-12-32-13-15/h1-11,15H,12-13,25H2,(H,27,29)(H,28,31). The van der Waals surface area contributed by atoms with E-state index >= 15 is 0 Å². The molecule has 1 aromatic carbocycles. The Morgan fingerprint density at radius 2 is 2.00 bits per heavy atom. The second-order valence-electron chi connectivity index (χ2n) is 7.87. The summed E-state index contributed by atoms with van der Waals surface area (Å²) >= 11 is 2.85. The van der Waals surface area contributed by atoms with Crippen molar-refractivity contribution in [2.45, 2.75) is 6.10 Å². The number of benzene rings is 1. The number of aromatic nitrogens is 3. The van der Waals surface area contributed by atoms with Gasteiger partial charge in [0.05, 0.1) is 51.2 Å². The zero-order chi connectivity index (χ0) is 23.8. The van der Waals surface area contributed by atoms with Gasteiger partial charge in [-0.1, -0.05) is 23.5 Å². The number of hydrogen-bond donors (Lipinski definition) is 3. The van der Waals surface area contributed by atoms with Crippen LogP contribution in [0.3, 0.4) is 0 Å². The van der Waals surface area contributed by atoms with Gasteiger partial charge in [-0.2, -0.15) is 0 Å². The van der Waals surface area contributed by atoms with Gasteiger partial charge in [0.1, 0.15) is 17.5 Å². The number of hydrogen-bond acceptors (Lipinski definition) is 9. The van der Waals surface area contributed by atoms with Crippen LogP contribution in [0.1, 0.15) is 9.67 Å². The first kappa shape index (κ1) is 21.6. The van der Waals surface area contributed by atoms with E-state index in [0.29, 0.717) is 29.5 Å². The van der Waals surface area contributed by atoms with Crippen LogP contribution in [0.2, 0.25) is 0 Å². The van der Waals surface area contributed by atoms with Crippen molar-refractivity contribution in [3.05, 3.63) is 72.0 Å². The number of nitrogens with zero attached hydrogens (tertiary/aromatic N) is 3. The van der Waals surface area contributed by atoms with Crippen LogP contribution in [-0.4, -0.2) is 39.6 Å². The number of fused-ring (bicyclic) bond motifs is 1. The molecule has 0 atom stereocenters. The molecule has 0 unspecified atom stereocenters. The molecule has 0 radical (unpaired) electrons. The smallest absolute Gasteiger partial charge is 0.265 e. The fourth-order valence-electron chi connectivity index (χ4n) is 3.57. The van der Waals surface area contributed by atoms with E-state index < -0.39 is 0 Å². The van der Waals surface area contributed by atoms with Gasteiger partial charge in [-0.05, 0) is 30.3 Å². The summed E-state index contributed by atoms with van der Waals surface area (Å²) in [6.07, 6.45) is 5.70. The fraction of sp³-hybridized carbons (Fsp3) is 0.125. The Morgan fingerprint density at radius 3 is 2.83 bits per heavy atom. The number of thiazole rings is 1. The molecule has 1 aliphatic rings. The van der Waals surface area contributed by atoms with Crippen molar-refractivity contribution in [3.8, 4) is 16.3 Å². The number of ether oxygens (including phenoxy) is 2. The number of nitrogens with two attached hydrogens (primary N) is 1. The highest BCUT2D eigenvalue weighted by atomic mass is 32.1. The van der Waals surface area contributed by atoms with Gasteiger partial charge in [0.15, 0.2) is 5.13 Å². The second kappa shape index (κ2) is 9.02. The Hall–Kier alpha value is -3.93. The van der Waals surface area contributed by atoms with Crippen LogP contribution < -0.4 is 21.1 Å². The number of amides is 1. The summed E-state index contributed by atoms with van der Waals surface area (Å²) in [7, 11) is 0. The first-order chi connectivity index (χ1) is 17.1. The first-order valence-electron chi connectivity index (χ1n) is 10.8. The predicted molar refractivity (Wildman–Crippen MR) is 138 cm³/mol. The molecule has 11 heteroatoms. The second-order valence-corrected chi connectivity index (χ2v) is 9.99. The van der Waals surface area contributed by atoms with Gasteiger partial charge in [-0.3, -0.25) is 9.20 Å². The lowest BCUT2D eigenvalue weighted by Crippen LogP contribution is -2.38. The quantitative estimate of drug-likeness (QED) is 0.271. The van der Waals surface area contributed by atoms with Gasteiger partial charge in [-0.15, -0.1) is 11.3 Å². The summed E-state index contributed by atoms with van der Waals surface area (Å²) in [5, 5.41) is 7.67. The minimum atomic E-state index is -0.209. The molecular weight excluding hydrogens is 484 g/mol. The lowest BCUT2D eigenvalue weighted by molar-refractivity contribution is -0.0796. The number of carbonyl (C=O) groups is 1. The molecular formula is C24H20N6O3S2. The summed E-state index contributed by atoms with van der Waals surface area (Å²) in [4.78, 5) is 23.2. The SMILES string of the molecule is Nc1ccccc1NC(=O)c1ccc(Nc2ncc(-c3cnc4cc(OC5COC5)ccn34)s2)s1. The van der Waals surface area contributed by atoms with Crippen molar-refractivity contribution in [3.63, 3.8) is 0 Å². The maximum absolute atomic E-state index is 12.6. The van der Waals surface area contributed by atoms with E-state index in [0.717, 1.165) is 32.1 Å². The van der Waals surface area contributed by atoms with Crippen LogP contribution in [0.15, 0.2) is 67.1 Å². The summed E-state index contributed by atoms with van der Waals surface area (Å²) < 4.78 is 13.0. The number of carbonyl (C=O) groups excluding carboxylic acids is 1. The van der Waals surface area contributed by atoms with Gasteiger partial charge in [0, 0.05) is 18.5 Å². The molecule has 1 saturated heterocycles. The minimum absolute atomic E-state index is 0.113. The number of thiophene rings is 1. The maximum atomic E-state index is 12.6. The molecule has 1 aliphatic heterocycles. The topological polar surface area (TPSA) is 116 Å². The third-order valence-electron chi connectivity index (χ3n) is 5.42. The molecule has 6 rings (SSSR count). The Bertz CT molecular complexity index is 1520. The van der Waals surface area contributed by atoms with Crippen LogP contribution in [0.4, 0.5) is 21.5 Å². The van der Waals surface area contributed by atoms with E-state index in [1.165, 1.54) is 22.7 Å². The maximum Gasteiger partial charge on any atom is 0.265 e. The van der Waals surface area contributed by atoms with E-state index in [1.54, 1.807) is 18.2 Å². The Balaban J connectivity index is 1.15. The van der Waals surface area contributed by atoms with Crippen molar-refractivity contribution in [2.24, 2.45) is 0 Å². The summed E-state index contributed by atoms with van der Waals surface area (Å²) in [6, 6.07) is 14.7. The van der Waals surface area contributed by atoms with Crippen LogP contribution >= 0.6 is 22.7 Å². The summed E-state index contributed by atoms with van der Waals surface area (Å²) in [6.45, 7) is 1.25. The number of nitrogens with one attached hydrogen (secondary N) is 2. The van der Waals surface area contributed by atoms with Crippen molar-refractivity contribution in [1.29, 1.82) is 0 Å². The van der Waals surface area contributed by atoms with Crippen LogP contribution in [0.5, 0.6) is 5.75 Å². The van der Waals surface area contributed by atoms with Gasteiger partial charge in [0.2, 0.25) is 0 Å². The molecule has 35 heavy (non-hydrogen) atoms. The highest BCUT2D eigenvalue weighted by Gasteiger charge is 2.20. The fourth-order valence-corrected chi connectivity index (χ4v) is 5.27. The molecule has 5 aromatic rings. The molecule has 5 heterocycles. The Labute approximate surface area is 208 Å². The molecule has 1 amide bonds. The number of para-hydroxylation sites is 2. The van der Waals surface area contributed by atoms with Gasteiger partial charge >= 0.3 is 0 Å². The third-order valence-corrected chi connectivity index (χ3v) is 7.36. The average molecular weight is 505 g/mol. The molecule has 0 saturated carbocycles. The number of rotatable bonds is 7. The van der Waals surface area contributed by atoms with Gasteiger partial charge in [-0.25, -0.2) is 9.97 Å². The molecule has 1 fully saturated rings. The summed E-state index contributed by atoms with van der Waals surface area (Å²) in [5.41, 5.74) is 8.77. The number of pyridine rings is 1. The third kappa shape index (κ3) is 4.44. The van der Waals surface area contributed by atoms with Crippen LogP contribution in [0, 0.1) is 0 Å². The molecule has 9 nitrogen and oxygen atoms in total. The lowest BCUT2D eigenvalue weighted by Gasteiger charge is -2.26. The van der Waals surface area contributed by atoms with Crippen molar-refractivity contribution < 1.29 is 14.3 Å². The number of nitrogen functional groups attached to an aromatic ring is 1. The van der Waals surface area contributed by atoms with Crippen molar-refractivity contribution in [1.82, 2.24) is 14.4 Å². The van der Waals surface area contributed by atoms with Crippen molar-refractivity contribution >= 4 is 55.7 Å². The van der Waals surface area contributed by atoms with E-state index in [1.807, 2.05) is 53.3 Å². The van der Waals surface area contributed by atoms with Gasteiger partial charge in [0.25, 0.3) is 5.91 Å². The molecule has 0 aliphatic carbocycles. The lowest BCUT2D eigenvalue weighted by atomic mass is 10.2. The highest BCUT2D eigenvalue weighted by molar-refractivity contribution is 7.20. The van der Waals surface area contributed by atoms with E-state index in [-0.39, 0.29) is 12.0 Å². The zero-order valence-electron chi connectivity index (χ0n) is 18.3. The summed E-state index contributed by atoms with van der Waals surface area (Å²) in [5.74, 6) is 0.571. The molecule has 176 valence electrons.